The van der Waals surface area contributed by atoms with E-state index in [1.165, 1.54) is 6.07 Å². The molecule has 33 heavy (non-hydrogen) atoms. The fourth-order valence-electron chi connectivity index (χ4n) is 4.30. The van der Waals surface area contributed by atoms with Crippen molar-refractivity contribution in [3.63, 3.8) is 0 Å². The van der Waals surface area contributed by atoms with Crippen molar-refractivity contribution < 1.29 is 9.18 Å². The van der Waals surface area contributed by atoms with Gasteiger partial charge in [0.05, 0.1) is 17.8 Å². The zero-order valence-corrected chi connectivity index (χ0v) is 18.7. The predicted octanol–water partition coefficient (Wildman–Crippen LogP) is 6.14. The van der Waals surface area contributed by atoms with Gasteiger partial charge in [-0.15, -0.1) is 0 Å². The van der Waals surface area contributed by atoms with E-state index in [-0.39, 0.29) is 18.1 Å². The van der Waals surface area contributed by atoms with Crippen LogP contribution < -0.4 is 5.32 Å². The summed E-state index contributed by atoms with van der Waals surface area (Å²) in [5, 5.41) is 5.23. The predicted molar refractivity (Wildman–Crippen MR) is 130 cm³/mol. The minimum atomic E-state index is -0.243. The molecule has 0 spiro atoms. The highest BCUT2D eigenvalue weighted by molar-refractivity contribution is 5.94. The molecule has 4 aromatic rings. The number of benzene rings is 3. The first-order valence-electron chi connectivity index (χ1n) is 11.1. The molecule has 5 rings (SSSR count). The fraction of sp³-hybridized carbons (Fsp3) is 0.179. The molecule has 4 nitrogen and oxygen atoms in total. The summed E-state index contributed by atoms with van der Waals surface area (Å²) in [6, 6.07) is 18.9. The molecule has 0 radical (unpaired) electrons. The number of carbonyl (C=O) groups excluding carboxylic acids is 1. The smallest absolute Gasteiger partial charge is 0.230 e. The lowest BCUT2D eigenvalue weighted by Crippen LogP contribution is -2.19. The molecule has 0 aliphatic heterocycles. The maximum absolute atomic E-state index is 13.7. The zero-order valence-electron chi connectivity index (χ0n) is 18.7. The molecule has 0 bridgehead atoms. The average molecular weight is 438 g/mol. The van der Waals surface area contributed by atoms with Gasteiger partial charge in [-0.3, -0.25) is 4.79 Å². The summed E-state index contributed by atoms with van der Waals surface area (Å²) in [7, 11) is 0. The molecule has 1 aliphatic rings. The molecule has 1 amide bonds. The lowest BCUT2D eigenvalue weighted by atomic mass is 9.91. The summed E-state index contributed by atoms with van der Waals surface area (Å²) >= 11 is 0. The number of halogens is 1. The number of aryl methyl sites for hydroxylation is 2. The van der Waals surface area contributed by atoms with Crippen LogP contribution in [-0.2, 0) is 24.1 Å². The largest absolute Gasteiger partial charge is 0.309 e. The van der Waals surface area contributed by atoms with Gasteiger partial charge in [0.15, 0.2) is 5.82 Å². The number of amides is 1. The fourth-order valence-corrected chi connectivity index (χ4v) is 4.30. The van der Waals surface area contributed by atoms with Crippen LogP contribution in [0.2, 0.25) is 0 Å². The summed E-state index contributed by atoms with van der Waals surface area (Å²) in [6.45, 7) is 3.95. The van der Waals surface area contributed by atoms with Crippen LogP contribution >= 0.6 is 0 Å². The van der Waals surface area contributed by atoms with Crippen LogP contribution in [0.25, 0.3) is 28.1 Å². The van der Waals surface area contributed by atoms with Gasteiger partial charge >= 0.3 is 0 Å². The van der Waals surface area contributed by atoms with Gasteiger partial charge in [0.1, 0.15) is 11.5 Å². The molecule has 5 heteroatoms. The number of nitrogens with zero attached hydrogens (tertiary/aromatic N) is 2. The van der Waals surface area contributed by atoms with E-state index in [4.69, 9.17) is 9.97 Å². The molecule has 0 saturated heterocycles. The normalized spacial score (nSPS) is 12.1. The molecule has 1 N–H and O–H groups in total. The summed E-state index contributed by atoms with van der Waals surface area (Å²) in [5.74, 6) is 0.0831. The van der Waals surface area contributed by atoms with Crippen molar-refractivity contribution in [3.8, 4) is 11.3 Å². The Balaban J connectivity index is 1.46. The van der Waals surface area contributed by atoms with E-state index in [2.05, 4.69) is 11.4 Å². The molecule has 1 aromatic heterocycles. The Hall–Kier alpha value is -3.86. The van der Waals surface area contributed by atoms with Crippen molar-refractivity contribution in [2.75, 3.05) is 5.32 Å². The summed E-state index contributed by atoms with van der Waals surface area (Å²) in [6.07, 6.45) is 3.51. The highest BCUT2D eigenvalue weighted by Gasteiger charge is 2.22. The van der Waals surface area contributed by atoms with Crippen molar-refractivity contribution in [1.29, 1.82) is 0 Å². The first-order chi connectivity index (χ1) is 16.0. The Morgan fingerprint density at radius 2 is 1.82 bits per heavy atom. The van der Waals surface area contributed by atoms with E-state index in [0.717, 1.165) is 44.4 Å². The topological polar surface area (TPSA) is 54.9 Å². The third-order valence-corrected chi connectivity index (χ3v) is 5.81. The van der Waals surface area contributed by atoms with Crippen LogP contribution in [0, 0.1) is 5.82 Å². The molecular formula is C28H24FN3O. The van der Waals surface area contributed by atoms with Crippen LogP contribution in [-0.4, -0.2) is 15.9 Å². The summed E-state index contributed by atoms with van der Waals surface area (Å²) in [4.78, 5) is 22.6. The maximum atomic E-state index is 13.7. The Bertz CT molecular complexity index is 1420. The van der Waals surface area contributed by atoms with E-state index >= 15 is 0 Å². The van der Waals surface area contributed by atoms with E-state index in [1.807, 2.05) is 56.3 Å². The minimum absolute atomic E-state index is 0.138. The summed E-state index contributed by atoms with van der Waals surface area (Å²) < 4.78 is 13.7. The van der Waals surface area contributed by atoms with Crippen molar-refractivity contribution in [3.05, 3.63) is 94.6 Å². The number of anilines is 1. The molecule has 0 fully saturated rings. The van der Waals surface area contributed by atoms with Gasteiger partial charge in [0, 0.05) is 5.56 Å². The first kappa shape index (κ1) is 21.0. The Kier molecular flexibility index (Phi) is 5.47. The number of aromatic nitrogens is 2. The van der Waals surface area contributed by atoms with Gasteiger partial charge in [-0.1, -0.05) is 48.0 Å². The molecule has 3 aromatic carbocycles. The molecular weight excluding hydrogens is 413 g/mol. The van der Waals surface area contributed by atoms with Gasteiger partial charge in [0.2, 0.25) is 5.91 Å². The highest BCUT2D eigenvalue weighted by Crippen LogP contribution is 2.33. The van der Waals surface area contributed by atoms with Gasteiger partial charge in [-0.2, -0.15) is 0 Å². The van der Waals surface area contributed by atoms with Crippen LogP contribution in [0.4, 0.5) is 10.2 Å². The Morgan fingerprint density at radius 3 is 2.64 bits per heavy atom. The number of carbonyl (C=O) groups is 1. The quantitative estimate of drug-likeness (QED) is 0.417. The highest BCUT2D eigenvalue weighted by atomic mass is 19.1. The van der Waals surface area contributed by atoms with Crippen molar-refractivity contribution in [1.82, 2.24) is 9.97 Å². The van der Waals surface area contributed by atoms with Crippen LogP contribution in [0.5, 0.6) is 0 Å². The molecule has 0 saturated carbocycles. The second-order valence-corrected chi connectivity index (χ2v) is 8.68. The van der Waals surface area contributed by atoms with E-state index in [1.54, 1.807) is 12.1 Å². The Morgan fingerprint density at radius 1 is 1.00 bits per heavy atom. The molecule has 1 heterocycles. The van der Waals surface area contributed by atoms with Gasteiger partial charge in [-0.05, 0) is 72.9 Å². The van der Waals surface area contributed by atoms with Crippen molar-refractivity contribution in [2.45, 2.75) is 33.1 Å². The van der Waals surface area contributed by atoms with Crippen molar-refractivity contribution in [2.24, 2.45) is 0 Å². The van der Waals surface area contributed by atoms with Crippen molar-refractivity contribution >= 4 is 28.6 Å². The van der Waals surface area contributed by atoms with E-state index < -0.39 is 0 Å². The third-order valence-electron chi connectivity index (χ3n) is 5.81. The first-order valence-corrected chi connectivity index (χ1v) is 11.1. The molecule has 0 unspecified atom stereocenters. The minimum Gasteiger partial charge on any atom is -0.309 e. The molecule has 1 aliphatic carbocycles. The lowest BCUT2D eigenvalue weighted by Gasteiger charge is -2.20. The van der Waals surface area contributed by atoms with Gasteiger partial charge in [-0.25, -0.2) is 14.4 Å². The lowest BCUT2D eigenvalue weighted by molar-refractivity contribution is -0.115. The maximum Gasteiger partial charge on any atom is 0.230 e. The number of hydrogen-bond donors (Lipinski definition) is 1. The number of hydrogen-bond acceptors (Lipinski definition) is 3. The second-order valence-electron chi connectivity index (χ2n) is 8.68. The average Bonchev–Trinajstić information content (AvgIpc) is 2.79. The van der Waals surface area contributed by atoms with E-state index in [0.29, 0.717) is 24.4 Å². The number of fused-ring (bicyclic) bond motifs is 4. The zero-order chi connectivity index (χ0) is 22.9. The van der Waals surface area contributed by atoms with Crippen LogP contribution in [0.15, 0.2) is 66.2 Å². The standard InChI is InChI=1S/C28H24FN3O/c1-17(2)13-25-28(31-24-12-9-21-16-22(29)10-11-23(21)27(24)30-25)32-26(33)15-18-7-8-19-5-3-4-6-20(19)14-18/h3-8,10-11,13-14,16H,9,12,15H2,1-2H3,(H,31,32,33). The van der Waals surface area contributed by atoms with Crippen LogP contribution in [0.1, 0.15) is 36.4 Å². The number of nitrogens with one attached hydrogen (secondary N) is 1. The SMILES string of the molecule is CC(C)=Cc1nc2c(nc1NC(=O)Cc1ccc3ccccc3c1)CCc1cc(F)ccc1-2. The second kappa shape index (κ2) is 8.58. The van der Waals surface area contributed by atoms with Crippen LogP contribution in [0.3, 0.4) is 0 Å². The monoisotopic (exact) mass is 437 g/mol. The van der Waals surface area contributed by atoms with E-state index in [9.17, 15) is 9.18 Å². The van der Waals surface area contributed by atoms with Gasteiger partial charge in [0.25, 0.3) is 0 Å². The number of rotatable bonds is 4. The van der Waals surface area contributed by atoms with Gasteiger partial charge < -0.3 is 5.32 Å². The molecule has 164 valence electrons. The Labute approximate surface area is 192 Å². The number of allylic oxidation sites excluding steroid dienone is 1. The third kappa shape index (κ3) is 4.40. The summed E-state index contributed by atoms with van der Waals surface area (Å²) in [5.41, 5.74) is 6.02. The molecule has 0 atom stereocenters.